The molecule has 2 saturated heterocycles. The van der Waals surface area contributed by atoms with E-state index in [0.29, 0.717) is 31.3 Å². The number of carbonyl (C=O) groups excluding carboxylic acids is 1. The maximum absolute atomic E-state index is 12.3. The fourth-order valence-electron chi connectivity index (χ4n) is 4.08. The standard InChI is InChI=1S/C20H31N3O2/c1-16-12-22(13-17(2)25-16)14-19-9-6-10-23(19)15-20(24)21-11-18-7-4-3-5-8-18/h3-5,7-8,16-17,19H,6,9-15H2,1-2H3,(H,21,24)/t16-,17-,19+/m1/s1. The van der Waals surface area contributed by atoms with E-state index in [0.717, 1.165) is 31.7 Å². The van der Waals surface area contributed by atoms with Gasteiger partial charge in [0.2, 0.25) is 5.91 Å². The summed E-state index contributed by atoms with van der Waals surface area (Å²) in [7, 11) is 0. The van der Waals surface area contributed by atoms with E-state index in [-0.39, 0.29) is 5.91 Å². The smallest absolute Gasteiger partial charge is 0.234 e. The molecule has 5 nitrogen and oxygen atoms in total. The number of benzene rings is 1. The van der Waals surface area contributed by atoms with Gasteiger partial charge in [-0.1, -0.05) is 30.3 Å². The Kier molecular flexibility index (Phi) is 6.45. The lowest BCUT2D eigenvalue weighted by molar-refractivity contribution is -0.123. The van der Waals surface area contributed by atoms with Crippen LogP contribution >= 0.6 is 0 Å². The molecule has 3 rings (SSSR count). The Hall–Kier alpha value is -1.43. The molecule has 1 aromatic rings. The number of rotatable bonds is 6. The van der Waals surface area contributed by atoms with Crippen LogP contribution in [0.1, 0.15) is 32.3 Å². The van der Waals surface area contributed by atoms with Gasteiger partial charge in [0.05, 0.1) is 18.8 Å². The SMILES string of the molecule is C[C@@H]1CN(C[C@@H]2CCCN2CC(=O)NCc2ccccc2)C[C@@H](C)O1. The Morgan fingerprint density at radius 3 is 2.64 bits per heavy atom. The van der Waals surface area contributed by atoms with E-state index in [2.05, 4.69) is 29.0 Å². The first-order chi connectivity index (χ1) is 12.1. The fourth-order valence-corrected chi connectivity index (χ4v) is 4.08. The molecule has 0 aliphatic carbocycles. The molecular weight excluding hydrogens is 314 g/mol. The second-order valence-electron chi connectivity index (χ2n) is 7.50. The van der Waals surface area contributed by atoms with Gasteiger partial charge in [-0.25, -0.2) is 0 Å². The van der Waals surface area contributed by atoms with Crippen molar-refractivity contribution >= 4 is 5.91 Å². The number of amides is 1. The topological polar surface area (TPSA) is 44.8 Å². The number of morpholine rings is 1. The molecule has 1 N–H and O–H groups in total. The molecule has 0 bridgehead atoms. The number of likely N-dealkylation sites (tertiary alicyclic amines) is 1. The fraction of sp³-hybridized carbons (Fsp3) is 0.650. The van der Waals surface area contributed by atoms with Crippen molar-refractivity contribution in [3.05, 3.63) is 35.9 Å². The maximum atomic E-state index is 12.3. The molecule has 3 atom stereocenters. The van der Waals surface area contributed by atoms with Crippen molar-refractivity contribution in [3.63, 3.8) is 0 Å². The molecule has 2 heterocycles. The van der Waals surface area contributed by atoms with Gasteiger partial charge >= 0.3 is 0 Å². The lowest BCUT2D eigenvalue weighted by atomic mass is 10.1. The summed E-state index contributed by atoms with van der Waals surface area (Å²) in [4.78, 5) is 17.2. The largest absolute Gasteiger partial charge is 0.373 e. The number of carbonyl (C=O) groups is 1. The van der Waals surface area contributed by atoms with Gasteiger partial charge in [-0.3, -0.25) is 14.6 Å². The van der Waals surface area contributed by atoms with Crippen molar-refractivity contribution in [2.75, 3.05) is 32.7 Å². The molecule has 2 aliphatic rings. The predicted molar refractivity (Wildman–Crippen MR) is 99.3 cm³/mol. The van der Waals surface area contributed by atoms with Crippen molar-refractivity contribution < 1.29 is 9.53 Å². The molecule has 0 spiro atoms. The molecule has 0 saturated carbocycles. The highest BCUT2D eigenvalue weighted by Gasteiger charge is 2.30. The summed E-state index contributed by atoms with van der Waals surface area (Å²) in [5, 5.41) is 3.05. The third kappa shape index (κ3) is 5.53. The Balaban J connectivity index is 1.45. The third-order valence-corrected chi connectivity index (χ3v) is 5.14. The van der Waals surface area contributed by atoms with Crippen LogP contribution in [0.2, 0.25) is 0 Å². The lowest BCUT2D eigenvalue weighted by Crippen LogP contribution is -2.51. The molecule has 25 heavy (non-hydrogen) atoms. The van der Waals surface area contributed by atoms with Gasteiger partial charge in [-0.05, 0) is 38.8 Å². The van der Waals surface area contributed by atoms with E-state index < -0.39 is 0 Å². The van der Waals surface area contributed by atoms with E-state index >= 15 is 0 Å². The van der Waals surface area contributed by atoms with E-state index in [9.17, 15) is 4.79 Å². The summed E-state index contributed by atoms with van der Waals surface area (Å²) < 4.78 is 5.83. The van der Waals surface area contributed by atoms with Crippen LogP contribution in [0.25, 0.3) is 0 Å². The Morgan fingerprint density at radius 1 is 1.20 bits per heavy atom. The molecule has 0 radical (unpaired) electrons. The average molecular weight is 345 g/mol. The van der Waals surface area contributed by atoms with Gasteiger partial charge in [0.1, 0.15) is 0 Å². The van der Waals surface area contributed by atoms with Gasteiger partial charge in [0.25, 0.3) is 0 Å². The predicted octanol–water partition coefficient (Wildman–Crippen LogP) is 1.88. The normalized spacial score (nSPS) is 28.2. The molecule has 2 fully saturated rings. The van der Waals surface area contributed by atoms with Crippen molar-refractivity contribution in [1.82, 2.24) is 15.1 Å². The van der Waals surface area contributed by atoms with Crippen molar-refractivity contribution in [1.29, 1.82) is 0 Å². The van der Waals surface area contributed by atoms with Crippen LogP contribution in [-0.2, 0) is 16.1 Å². The zero-order chi connectivity index (χ0) is 17.6. The van der Waals surface area contributed by atoms with Crippen LogP contribution in [0, 0.1) is 0 Å². The second kappa shape index (κ2) is 8.79. The van der Waals surface area contributed by atoms with Gasteiger partial charge in [0.15, 0.2) is 0 Å². The minimum atomic E-state index is 0.125. The number of hydrogen-bond acceptors (Lipinski definition) is 4. The molecule has 1 aromatic carbocycles. The van der Waals surface area contributed by atoms with Crippen molar-refractivity contribution in [3.8, 4) is 0 Å². The Labute approximate surface area is 151 Å². The zero-order valence-corrected chi connectivity index (χ0v) is 15.5. The second-order valence-corrected chi connectivity index (χ2v) is 7.50. The first kappa shape index (κ1) is 18.4. The molecule has 0 unspecified atom stereocenters. The van der Waals surface area contributed by atoms with Crippen LogP contribution in [-0.4, -0.2) is 66.7 Å². The summed E-state index contributed by atoms with van der Waals surface area (Å²) in [5.41, 5.74) is 1.14. The van der Waals surface area contributed by atoms with Gasteiger partial charge in [-0.2, -0.15) is 0 Å². The summed E-state index contributed by atoms with van der Waals surface area (Å²) in [6.07, 6.45) is 2.97. The number of nitrogens with one attached hydrogen (secondary N) is 1. The number of nitrogens with zero attached hydrogens (tertiary/aromatic N) is 2. The van der Waals surface area contributed by atoms with Crippen LogP contribution < -0.4 is 5.32 Å². The lowest BCUT2D eigenvalue weighted by Gasteiger charge is -2.38. The van der Waals surface area contributed by atoms with E-state index in [1.54, 1.807) is 0 Å². The van der Waals surface area contributed by atoms with Crippen LogP contribution in [0.5, 0.6) is 0 Å². The quantitative estimate of drug-likeness (QED) is 0.855. The van der Waals surface area contributed by atoms with Crippen molar-refractivity contribution in [2.45, 2.75) is 51.5 Å². The minimum Gasteiger partial charge on any atom is -0.373 e. The zero-order valence-electron chi connectivity index (χ0n) is 15.5. The van der Waals surface area contributed by atoms with Gasteiger partial charge < -0.3 is 10.1 Å². The van der Waals surface area contributed by atoms with E-state index in [4.69, 9.17) is 4.74 Å². The molecule has 5 heteroatoms. The monoisotopic (exact) mass is 345 g/mol. The molecule has 138 valence electrons. The first-order valence-corrected chi connectivity index (χ1v) is 9.52. The average Bonchev–Trinajstić information content (AvgIpc) is 3.00. The highest BCUT2D eigenvalue weighted by molar-refractivity contribution is 5.78. The summed E-state index contributed by atoms with van der Waals surface area (Å²) in [6.45, 7) is 9.47. The van der Waals surface area contributed by atoms with Crippen molar-refractivity contribution in [2.24, 2.45) is 0 Å². The summed E-state index contributed by atoms with van der Waals surface area (Å²) >= 11 is 0. The minimum absolute atomic E-state index is 0.125. The molecule has 2 aliphatic heterocycles. The Morgan fingerprint density at radius 2 is 1.92 bits per heavy atom. The number of ether oxygens (including phenoxy) is 1. The van der Waals surface area contributed by atoms with Crippen LogP contribution in [0.4, 0.5) is 0 Å². The third-order valence-electron chi connectivity index (χ3n) is 5.14. The summed E-state index contributed by atoms with van der Waals surface area (Å²) in [5.74, 6) is 0.125. The molecule has 1 amide bonds. The van der Waals surface area contributed by atoms with E-state index in [1.165, 1.54) is 12.8 Å². The van der Waals surface area contributed by atoms with Gasteiger partial charge in [0, 0.05) is 32.2 Å². The van der Waals surface area contributed by atoms with Crippen LogP contribution in [0.15, 0.2) is 30.3 Å². The molecule has 0 aromatic heterocycles. The first-order valence-electron chi connectivity index (χ1n) is 9.52. The Bertz CT molecular complexity index is 541. The number of hydrogen-bond donors (Lipinski definition) is 1. The molecular formula is C20H31N3O2. The highest BCUT2D eigenvalue weighted by atomic mass is 16.5. The van der Waals surface area contributed by atoms with Gasteiger partial charge in [-0.15, -0.1) is 0 Å². The maximum Gasteiger partial charge on any atom is 0.234 e. The summed E-state index contributed by atoms with van der Waals surface area (Å²) in [6, 6.07) is 10.6. The van der Waals surface area contributed by atoms with Crippen LogP contribution in [0.3, 0.4) is 0 Å². The highest BCUT2D eigenvalue weighted by Crippen LogP contribution is 2.20. The van der Waals surface area contributed by atoms with E-state index in [1.807, 2.05) is 30.3 Å².